The van der Waals surface area contributed by atoms with Gasteiger partial charge in [-0.2, -0.15) is 5.10 Å². The third kappa shape index (κ3) is 2.63. The Morgan fingerprint density at radius 3 is 2.61 bits per heavy atom. The quantitative estimate of drug-likeness (QED) is 0.864. The lowest BCUT2D eigenvalue weighted by Crippen LogP contribution is -2.38. The first-order valence-corrected chi connectivity index (χ1v) is 9.01. The van der Waals surface area contributed by atoms with E-state index in [1.165, 1.54) is 16.0 Å². The van der Waals surface area contributed by atoms with Gasteiger partial charge in [-0.25, -0.2) is 9.48 Å². The summed E-state index contributed by atoms with van der Waals surface area (Å²) in [6, 6.07) is 4.13. The summed E-state index contributed by atoms with van der Waals surface area (Å²) < 4.78 is 3.35. The lowest BCUT2D eigenvalue weighted by molar-refractivity contribution is 0.0715. The number of thiophene rings is 1. The van der Waals surface area contributed by atoms with Gasteiger partial charge in [-0.3, -0.25) is 9.36 Å². The van der Waals surface area contributed by atoms with Crippen LogP contribution in [0, 0.1) is 0 Å². The lowest BCUT2D eigenvalue weighted by Gasteiger charge is -2.31. The van der Waals surface area contributed by atoms with Crippen molar-refractivity contribution in [1.29, 1.82) is 0 Å². The highest BCUT2D eigenvalue weighted by molar-refractivity contribution is 7.12. The van der Waals surface area contributed by atoms with Crippen LogP contribution in [0.2, 0.25) is 0 Å². The monoisotopic (exact) mass is 332 g/mol. The molecule has 0 bridgehead atoms. The summed E-state index contributed by atoms with van der Waals surface area (Å²) in [5, 5.41) is 6.41. The largest absolute Gasteiger partial charge is 0.345 e. The normalized spacial score (nSPS) is 19.3. The Morgan fingerprint density at radius 1 is 1.26 bits per heavy atom. The van der Waals surface area contributed by atoms with Gasteiger partial charge in [0.2, 0.25) is 0 Å². The van der Waals surface area contributed by atoms with Crippen molar-refractivity contribution in [2.24, 2.45) is 7.05 Å². The number of carbonyl (C=O) groups is 1. The summed E-state index contributed by atoms with van der Waals surface area (Å²) >= 11 is 1.49. The second-order valence-corrected chi connectivity index (χ2v) is 7.36. The van der Waals surface area contributed by atoms with Gasteiger partial charge >= 0.3 is 5.69 Å². The molecule has 1 aliphatic carbocycles. The summed E-state index contributed by atoms with van der Waals surface area (Å²) in [5.41, 5.74) is -0.000378. The topological polar surface area (TPSA) is 60.1 Å². The molecular weight excluding hydrogens is 312 g/mol. The number of hydrogen-bond donors (Lipinski definition) is 0. The van der Waals surface area contributed by atoms with Gasteiger partial charge in [0.1, 0.15) is 5.82 Å². The van der Waals surface area contributed by atoms with Crippen molar-refractivity contribution in [2.75, 3.05) is 13.1 Å². The van der Waals surface area contributed by atoms with Crippen LogP contribution >= 0.6 is 11.3 Å². The lowest BCUT2D eigenvalue weighted by atomic mass is 9.95. The molecule has 7 heteroatoms. The number of carbonyl (C=O) groups excluding carboxylic acids is 1. The first-order chi connectivity index (χ1) is 11.1. The van der Waals surface area contributed by atoms with Gasteiger partial charge in [0.25, 0.3) is 5.91 Å². The minimum absolute atomic E-state index is 0.000378. The number of nitrogens with zero attached hydrogens (tertiary/aromatic N) is 4. The van der Waals surface area contributed by atoms with Gasteiger partial charge in [-0.05, 0) is 37.1 Å². The number of aromatic nitrogens is 3. The minimum Gasteiger partial charge on any atom is -0.338 e. The fraction of sp³-hybridized carbons (Fsp3) is 0.562. The number of amides is 1. The first-order valence-electron chi connectivity index (χ1n) is 8.13. The number of hydrogen-bond acceptors (Lipinski definition) is 4. The molecule has 0 spiro atoms. The molecule has 2 fully saturated rings. The predicted octanol–water partition coefficient (Wildman–Crippen LogP) is 2.00. The molecule has 0 N–H and O–H groups in total. The van der Waals surface area contributed by atoms with Crippen molar-refractivity contribution in [1.82, 2.24) is 19.2 Å². The fourth-order valence-corrected chi connectivity index (χ4v) is 4.04. The van der Waals surface area contributed by atoms with Crippen LogP contribution in [0.1, 0.15) is 53.1 Å². The molecule has 0 radical (unpaired) electrons. The molecule has 1 saturated carbocycles. The number of piperidine rings is 1. The SMILES string of the molecule is Cn1nc(C2CCN(C(=O)c3cccs3)CC2)n(C2CC2)c1=O. The molecule has 0 aromatic carbocycles. The average Bonchev–Trinajstić information content (AvgIpc) is 3.16. The van der Waals surface area contributed by atoms with E-state index in [0.29, 0.717) is 6.04 Å². The van der Waals surface area contributed by atoms with Gasteiger partial charge in [0.05, 0.1) is 4.88 Å². The zero-order valence-corrected chi connectivity index (χ0v) is 14.0. The van der Waals surface area contributed by atoms with E-state index in [9.17, 15) is 9.59 Å². The van der Waals surface area contributed by atoms with Crippen molar-refractivity contribution in [3.63, 3.8) is 0 Å². The maximum Gasteiger partial charge on any atom is 0.345 e. The zero-order valence-electron chi connectivity index (χ0n) is 13.1. The van der Waals surface area contributed by atoms with Gasteiger partial charge < -0.3 is 4.90 Å². The van der Waals surface area contributed by atoms with Crippen molar-refractivity contribution in [3.05, 3.63) is 38.7 Å². The van der Waals surface area contributed by atoms with Gasteiger partial charge in [-0.15, -0.1) is 11.3 Å². The van der Waals surface area contributed by atoms with E-state index in [0.717, 1.165) is 49.5 Å². The van der Waals surface area contributed by atoms with Gasteiger partial charge in [-0.1, -0.05) is 6.07 Å². The van der Waals surface area contributed by atoms with E-state index < -0.39 is 0 Å². The Morgan fingerprint density at radius 2 is 2.00 bits per heavy atom. The first kappa shape index (κ1) is 14.7. The molecule has 6 nitrogen and oxygen atoms in total. The number of aryl methyl sites for hydroxylation is 1. The third-order valence-electron chi connectivity index (χ3n) is 4.77. The molecular formula is C16H20N4O2S. The van der Waals surface area contributed by atoms with Crippen LogP contribution in [-0.2, 0) is 7.05 Å². The van der Waals surface area contributed by atoms with Crippen molar-refractivity contribution in [3.8, 4) is 0 Å². The Labute approximate surface area is 138 Å². The Bertz CT molecular complexity index is 765. The maximum absolute atomic E-state index is 12.4. The Balaban J connectivity index is 1.49. The molecule has 0 atom stereocenters. The van der Waals surface area contributed by atoms with Crippen LogP contribution in [0.3, 0.4) is 0 Å². The molecule has 3 heterocycles. The van der Waals surface area contributed by atoms with E-state index in [1.54, 1.807) is 7.05 Å². The molecule has 1 saturated heterocycles. The molecule has 1 amide bonds. The summed E-state index contributed by atoms with van der Waals surface area (Å²) in [6.07, 6.45) is 3.91. The second-order valence-electron chi connectivity index (χ2n) is 6.41. The van der Waals surface area contributed by atoms with E-state index in [4.69, 9.17) is 0 Å². The molecule has 2 aromatic rings. The van der Waals surface area contributed by atoms with Crippen molar-refractivity contribution in [2.45, 2.75) is 37.6 Å². The highest BCUT2D eigenvalue weighted by Gasteiger charge is 2.34. The van der Waals surface area contributed by atoms with E-state index >= 15 is 0 Å². The number of rotatable bonds is 3. The summed E-state index contributed by atoms with van der Waals surface area (Å²) in [6.45, 7) is 1.47. The van der Waals surface area contributed by atoms with Gasteiger partial charge in [0.15, 0.2) is 0 Å². The van der Waals surface area contributed by atoms with Crippen LogP contribution < -0.4 is 5.69 Å². The van der Waals surface area contributed by atoms with Gasteiger partial charge in [0, 0.05) is 32.1 Å². The van der Waals surface area contributed by atoms with Crippen LogP contribution in [0.15, 0.2) is 22.3 Å². The second kappa shape index (κ2) is 5.63. The summed E-state index contributed by atoms with van der Waals surface area (Å²) in [4.78, 5) is 27.4. The van der Waals surface area contributed by atoms with Crippen LogP contribution in [0.25, 0.3) is 0 Å². The molecule has 122 valence electrons. The summed E-state index contributed by atoms with van der Waals surface area (Å²) in [5.74, 6) is 1.32. The number of likely N-dealkylation sites (tertiary alicyclic amines) is 1. The highest BCUT2D eigenvalue weighted by Crippen LogP contribution is 2.37. The smallest absolute Gasteiger partial charge is 0.338 e. The predicted molar refractivity (Wildman–Crippen MR) is 87.9 cm³/mol. The minimum atomic E-state index is -0.000378. The molecule has 0 unspecified atom stereocenters. The van der Waals surface area contributed by atoms with Crippen LogP contribution in [-0.4, -0.2) is 38.2 Å². The maximum atomic E-state index is 12.4. The standard InChI is InChI=1S/C16H20N4O2S/c1-18-16(22)20(12-4-5-12)14(17-18)11-6-8-19(9-7-11)15(21)13-3-2-10-23-13/h2-3,10-12H,4-9H2,1H3. The molecule has 23 heavy (non-hydrogen) atoms. The zero-order chi connectivity index (χ0) is 16.0. The highest BCUT2D eigenvalue weighted by atomic mass is 32.1. The fourth-order valence-electron chi connectivity index (χ4n) is 3.35. The molecule has 2 aromatic heterocycles. The van der Waals surface area contributed by atoms with E-state index in [2.05, 4.69) is 5.10 Å². The van der Waals surface area contributed by atoms with Crippen LogP contribution in [0.4, 0.5) is 0 Å². The van der Waals surface area contributed by atoms with Crippen molar-refractivity contribution < 1.29 is 4.79 Å². The van der Waals surface area contributed by atoms with E-state index in [1.807, 2.05) is 27.0 Å². The Kier molecular flexibility index (Phi) is 3.60. The molecule has 1 aliphatic heterocycles. The summed E-state index contributed by atoms with van der Waals surface area (Å²) in [7, 11) is 1.72. The molecule has 4 rings (SSSR count). The van der Waals surface area contributed by atoms with E-state index in [-0.39, 0.29) is 17.5 Å². The van der Waals surface area contributed by atoms with Crippen LogP contribution in [0.5, 0.6) is 0 Å². The third-order valence-corrected chi connectivity index (χ3v) is 5.63. The Hall–Kier alpha value is -1.89. The van der Waals surface area contributed by atoms with Crippen molar-refractivity contribution >= 4 is 17.2 Å². The molecule has 2 aliphatic rings. The average molecular weight is 332 g/mol.